The molecule has 3 rings (SSSR count). The Balaban J connectivity index is 2.18. The quantitative estimate of drug-likeness (QED) is 0.752. The first kappa shape index (κ1) is 10.9. The largest absolute Gasteiger partial charge is 0.339 e. The zero-order valence-corrected chi connectivity index (χ0v) is 9.92. The van der Waals surface area contributed by atoms with E-state index in [1.165, 1.54) is 6.07 Å². The maximum Gasteiger partial charge on any atom is 0.194 e. The van der Waals surface area contributed by atoms with Gasteiger partial charge in [0, 0.05) is 22.7 Å². The highest BCUT2D eigenvalue weighted by atomic mass is 35.5. The lowest BCUT2D eigenvalue weighted by Gasteiger charge is -2.08. The molecule has 0 spiro atoms. The summed E-state index contributed by atoms with van der Waals surface area (Å²) in [4.78, 5) is 11.8. The zero-order valence-electron chi connectivity index (χ0n) is 9.17. The molecular formula is C11H8ClN5O. The van der Waals surface area contributed by atoms with Crippen LogP contribution in [0.5, 0.6) is 0 Å². The van der Waals surface area contributed by atoms with E-state index in [4.69, 9.17) is 11.6 Å². The van der Waals surface area contributed by atoms with Gasteiger partial charge in [-0.1, -0.05) is 16.8 Å². The predicted octanol–water partition coefficient (Wildman–Crippen LogP) is 1.22. The molecule has 90 valence electrons. The average Bonchev–Trinajstić information content (AvgIpc) is 2.86. The summed E-state index contributed by atoms with van der Waals surface area (Å²) in [5, 5.41) is 14.8. The third kappa shape index (κ3) is 1.86. The predicted molar refractivity (Wildman–Crippen MR) is 66.5 cm³/mol. The van der Waals surface area contributed by atoms with Crippen LogP contribution >= 0.6 is 11.6 Å². The van der Waals surface area contributed by atoms with Gasteiger partial charge in [0.05, 0.1) is 12.1 Å². The molecular weight excluding hydrogens is 254 g/mol. The molecule has 0 bridgehead atoms. The van der Waals surface area contributed by atoms with Gasteiger partial charge in [-0.3, -0.25) is 4.79 Å². The second kappa shape index (κ2) is 4.23. The molecule has 6 nitrogen and oxygen atoms in total. The summed E-state index contributed by atoms with van der Waals surface area (Å²) in [5.74, 6) is 0.551. The summed E-state index contributed by atoms with van der Waals surface area (Å²) in [6.45, 7) is 0.439. The summed E-state index contributed by atoms with van der Waals surface area (Å²) < 4.78 is 1.87. The molecule has 1 N–H and O–H groups in total. The second-order valence-electron chi connectivity index (χ2n) is 3.80. The van der Waals surface area contributed by atoms with Crippen LogP contribution in [-0.2, 0) is 6.54 Å². The van der Waals surface area contributed by atoms with Gasteiger partial charge in [-0.25, -0.2) is 0 Å². The Hall–Kier alpha value is -2.21. The SMILES string of the molecule is O=c1ccn(Cc2nn[nH]n2)c2ccc(Cl)cc12. The maximum absolute atomic E-state index is 11.8. The standard InChI is InChI=1S/C11H8ClN5O/c12-7-1-2-9-8(5-7)10(18)3-4-17(9)6-11-13-15-16-14-11/h1-5H,6H2,(H,13,14,15,16). The van der Waals surface area contributed by atoms with Crippen LogP contribution < -0.4 is 5.43 Å². The highest BCUT2D eigenvalue weighted by Gasteiger charge is 2.06. The van der Waals surface area contributed by atoms with Gasteiger partial charge >= 0.3 is 0 Å². The highest BCUT2D eigenvalue weighted by molar-refractivity contribution is 6.31. The third-order valence-corrected chi connectivity index (χ3v) is 2.88. The van der Waals surface area contributed by atoms with Crippen LogP contribution in [0.4, 0.5) is 0 Å². The van der Waals surface area contributed by atoms with Gasteiger partial charge in [0.15, 0.2) is 11.3 Å². The lowest BCUT2D eigenvalue weighted by Crippen LogP contribution is -2.09. The van der Waals surface area contributed by atoms with E-state index in [1.807, 2.05) is 4.57 Å². The molecule has 7 heteroatoms. The van der Waals surface area contributed by atoms with Gasteiger partial charge in [-0.05, 0) is 18.2 Å². The van der Waals surface area contributed by atoms with E-state index < -0.39 is 0 Å². The molecule has 0 saturated carbocycles. The number of aromatic nitrogens is 5. The molecule has 2 heterocycles. The molecule has 0 atom stereocenters. The fraction of sp³-hybridized carbons (Fsp3) is 0.0909. The summed E-state index contributed by atoms with van der Waals surface area (Å²) in [5.41, 5.74) is 0.730. The summed E-state index contributed by atoms with van der Waals surface area (Å²) in [6.07, 6.45) is 1.70. The van der Waals surface area contributed by atoms with Gasteiger partial charge in [0.1, 0.15) is 0 Å². The van der Waals surface area contributed by atoms with Crippen LogP contribution in [0.3, 0.4) is 0 Å². The number of pyridine rings is 1. The fourth-order valence-corrected chi connectivity index (χ4v) is 2.00. The molecule has 0 amide bonds. The van der Waals surface area contributed by atoms with Crippen molar-refractivity contribution in [1.82, 2.24) is 25.2 Å². The number of nitrogens with one attached hydrogen (secondary N) is 1. The number of hydrogen-bond acceptors (Lipinski definition) is 4. The van der Waals surface area contributed by atoms with E-state index in [-0.39, 0.29) is 5.43 Å². The Kier molecular flexibility index (Phi) is 2.56. The van der Waals surface area contributed by atoms with E-state index in [1.54, 1.807) is 24.4 Å². The van der Waals surface area contributed by atoms with Crippen molar-refractivity contribution in [3.05, 3.63) is 51.5 Å². The first-order chi connectivity index (χ1) is 8.74. The van der Waals surface area contributed by atoms with Crippen LogP contribution in [0, 0.1) is 0 Å². The number of hydrogen-bond donors (Lipinski definition) is 1. The molecule has 3 aromatic rings. The van der Waals surface area contributed by atoms with Crippen molar-refractivity contribution in [3.8, 4) is 0 Å². The van der Waals surface area contributed by atoms with Crippen LogP contribution in [-0.4, -0.2) is 25.2 Å². The molecule has 0 aliphatic carbocycles. The normalized spacial score (nSPS) is 10.9. The lowest BCUT2D eigenvalue weighted by atomic mass is 10.2. The molecule has 0 unspecified atom stereocenters. The minimum Gasteiger partial charge on any atom is -0.339 e. The zero-order chi connectivity index (χ0) is 12.5. The van der Waals surface area contributed by atoms with Crippen molar-refractivity contribution in [3.63, 3.8) is 0 Å². The Labute approximate surface area is 106 Å². The molecule has 0 fully saturated rings. The van der Waals surface area contributed by atoms with Crippen LogP contribution in [0.25, 0.3) is 10.9 Å². The van der Waals surface area contributed by atoms with E-state index in [2.05, 4.69) is 20.6 Å². The van der Waals surface area contributed by atoms with Gasteiger partial charge in [0.25, 0.3) is 0 Å². The Bertz CT molecular complexity index is 750. The van der Waals surface area contributed by atoms with E-state index in [0.29, 0.717) is 22.8 Å². The van der Waals surface area contributed by atoms with Gasteiger partial charge in [-0.2, -0.15) is 5.21 Å². The Morgan fingerprint density at radius 2 is 2.22 bits per heavy atom. The Morgan fingerprint density at radius 3 is 3.00 bits per heavy atom. The number of halogens is 1. The van der Waals surface area contributed by atoms with Crippen molar-refractivity contribution in [2.45, 2.75) is 6.54 Å². The van der Waals surface area contributed by atoms with Crippen molar-refractivity contribution >= 4 is 22.5 Å². The van der Waals surface area contributed by atoms with Crippen molar-refractivity contribution in [1.29, 1.82) is 0 Å². The number of H-pyrrole nitrogens is 1. The number of rotatable bonds is 2. The van der Waals surface area contributed by atoms with Crippen LogP contribution in [0.1, 0.15) is 5.82 Å². The van der Waals surface area contributed by atoms with Crippen LogP contribution in [0.15, 0.2) is 35.3 Å². The first-order valence-corrected chi connectivity index (χ1v) is 5.63. The molecule has 0 aliphatic rings. The summed E-state index contributed by atoms with van der Waals surface area (Å²) in [7, 11) is 0. The first-order valence-electron chi connectivity index (χ1n) is 5.25. The lowest BCUT2D eigenvalue weighted by molar-refractivity contribution is 0.767. The van der Waals surface area contributed by atoms with E-state index in [9.17, 15) is 4.79 Å². The van der Waals surface area contributed by atoms with Gasteiger partial charge < -0.3 is 4.57 Å². The average molecular weight is 262 g/mol. The third-order valence-electron chi connectivity index (χ3n) is 2.64. The van der Waals surface area contributed by atoms with Crippen molar-refractivity contribution in [2.75, 3.05) is 0 Å². The molecule has 0 aliphatic heterocycles. The number of tetrazole rings is 1. The summed E-state index contributed by atoms with van der Waals surface area (Å²) >= 11 is 5.90. The molecule has 18 heavy (non-hydrogen) atoms. The second-order valence-corrected chi connectivity index (χ2v) is 4.23. The van der Waals surface area contributed by atoms with E-state index >= 15 is 0 Å². The number of benzene rings is 1. The monoisotopic (exact) mass is 261 g/mol. The maximum atomic E-state index is 11.8. The van der Waals surface area contributed by atoms with Gasteiger partial charge in [-0.15, -0.1) is 10.2 Å². The smallest absolute Gasteiger partial charge is 0.194 e. The summed E-state index contributed by atoms with van der Waals surface area (Å²) in [6, 6.07) is 6.71. The topological polar surface area (TPSA) is 76.5 Å². The van der Waals surface area contributed by atoms with E-state index in [0.717, 1.165) is 5.52 Å². The van der Waals surface area contributed by atoms with Gasteiger partial charge in [0.2, 0.25) is 0 Å². The number of aromatic amines is 1. The molecule has 0 saturated heterocycles. The van der Waals surface area contributed by atoms with Crippen molar-refractivity contribution in [2.24, 2.45) is 0 Å². The number of fused-ring (bicyclic) bond motifs is 1. The molecule has 0 radical (unpaired) electrons. The Morgan fingerprint density at radius 1 is 1.33 bits per heavy atom. The number of nitrogens with zero attached hydrogens (tertiary/aromatic N) is 4. The molecule has 1 aromatic carbocycles. The molecule has 2 aromatic heterocycles. The fourth-order valence-electron chi connectivity index (χ4n) is 1.82. The highest BCUT2D eigenvalue weighted by Crippen LogP contribution is 2.16. The minimum absolute atomic E-state index is 0.0585. The minimum atomic E-state index is -0.0585. The van der Waals surface area contributed by atoms with Crippen LogP contribution in [0.2, 0.25) is 5.02 Å². The van der Waals surface area contributed by atoms with Crippen molar-refractivity contribution < 1.29 is 0 Å².